The summed E-state index contributed by atoms with van der Waals surface area (Å²) in [7, 11) is 1.60. The Morgan fingerprint density at radius 2 is 1.83 bits per heavy atom. The Labute approximate surface area is 106 Å². The summed E-state index contributed by atoms with van der Waals surface area (Å²) in [6.45, 7) is 1.89. The van der Waals surface area contributed by atoms with Gasteiger partial charge in [0.25, 0.3) is 0 Å². The third kappa shape index (κ3) is 2.60. The van der Waals surface area contributed by atoms with Gasteiger partial charge < -0.3 is 15.2 Å². The van der Waals surface area contributed by atoms with Gasteiger partial charge in [-0.2, -0.15) is 0 Å². The first-order valence-electron chi connectivity index (χ1n) is 5.73. The fourth-order valence-corrected chi connectivity index (χ4v) is 1.64. The molecule has 2 N–H and O–H groups in total. The van der Waals surface area contributed by atoms with E-state index in [4.69, 9.17) is 15.2 Å². The highest BCUT2D eigenvalue weighted by molar-refractivity contribution is 5.43. The lowest BCUT2D eigenvalue weighted by Crippen LogP contribution is -2.07. The number of benzene rings is 1. The minimum Gasteiger partial charge on any atom is -0.493 e. The molecule has 1 heterocycles. The molecule has 1 atom stereocenters. The van der Waals surface area contributed by atoms with Crippen LogP contribution < -0.4 is 15.2 Å². The van der Waals surface area contributed by atoms with Crippen LogP contribution in [0.5, 0.6) is 17.4 Å². The first-order valence-corrected chi connectivity index (χ1v) is 5.73. The molecule has 0 bridgehead atoms. The molecule has 1 aromatic heterocycles. The molecule has 0 aliphatic carbocycles. The van der Waals surface area contributed by atoms with E-state index >= 15 is 0 Å². The molecule has 2 rings (SSSR count). The number of nitrogens with zero attached hydrogens (tertiary/aromatic N) is 1. The van der Waals surface area contributed by atoms with Crippen LogP contribution in [0.3, 0.4) is 0 Å². The van der Waals surface area contributed by atoms with E-state index in [0.717, 1.165) is 5.56 Å². The lowest BCUT2D eigenvalue weighted by Gasteiger charge is -2.13. The summed E-state index contributed by atoms with van der Waals surface area (Å²) in [4.78, 5) is 4.21. The molecule has 0 aliphatic rings. The minimum atomic E-state index is -0.136. The zero-order valence-corrected chi connectivity index (χ0v) is 10.5. The van der Waals surface area contributed by atoms with Gasteiger partial charge >= 0.3 is 0 Å². The fraction of sp³-hybridized carbons (Fsp3) is 0.214. The summed E-state index contributed by atoms with van der Waals surface area (Å²) in [6.07, 6.45) is 1.68. The molecule has 2 aromatic rings. The van der Waals surface area contributed by atoms with Gasteiger partial charge in [0.15, 0.2) is 11.5 Å². The highest BCUT2D eigenvalue weighted by atomic mass is 16.5. The van der Waals surface area contributed by atoms with E-state index in [9.17, 15) is 0 Å². The summed E-state index contributed by atoms with van der Waals surface area (Å²) in [6, 6.07) is 11.0. The Kier molecular flexibility index (Phi) is 3.79. The number of methoxy groups -OCH3 is 1. The standard InChI is InChI=1S/C14H16N2O2/c1-10(15)11-6-5-9-16-14(11)18-13-8-4-3-7-12(13)17-2/h3-10H,15H2,1-2H3/t10-/m1/s1. The maximum absolute atomic E-state index is 5.89. The van der Waals surface area contributed by atoms with E-state index in [1.807, 2.05) is 43.3 Å². The van der Waals surface area contributed by atoms with Gasteiger partial charge in [-0.1, -0.05) is 18.2 Å². The van der Waals surface area contributed by atoms with Gasteiger partial charge in [-0.15, -0.1) is 0 Å². The lowest BCUT2D eigenvalue weighted by atomic mass is 10.1. The van der Waals surface area contributed by atoms with Crippen molar-refractivity contribution in [1.29, 1.82) is 0 Å². The van der Waals surface area contributed by atoms with E-state index < -0.39 is 0 Å². The van der Waals surface area contributed by atoms with Crippen molar-refractivity contribution in [3.8, 4) is 17.4 Å². The molecule has 18 heavy (non-hydrogen) atoms. The van der Waals surface area contributed by atoms with Crippen LogP contribution in [0.2, 0.25) is 0 Å². The third-order valence-corrected chi connectivity index (χ3v) is 2.57. The van der Waals surface area contributed by atoms with E-state index in [0.29, 0.717) is 17.4 Å². The Balaban J connectivity index is 2.34. The molecule has 0 saturated heterocycles. The summed E-state index contributed by atoms with van der Waals surface area (Å²) < 4.78 is 11.0. The van der Waals surface area contributed by atoms with Crippen molar-refractivity contribution in [3.63, 3.8) is 0 Å². The van der Waals surface area contributed by atoms with Gasteiger partial charge in [-0.25, -0.2) is 4.98 Å². The molecule has 0 amide bonds. The molecule has 4 nitrogen and oxygen atoms in total. The topological polar surface area (TPSA) is 57.4 Å². The van der Waals surface area contributed by atoms with Crippen molar-refractivity contribution >= 4 is 0 Å². The maximum atomic E-state index is 5.89. The number of rotatable bonds is 4. The van der Waals surface area contributed by atoms with Gasteiger partial charge in [0.2, 0.25) is 5.88 Å². The zero-order chi connectivity index (χ0) is 13.0. The predicted octanol–water partition coefficient (Wildman–Crippen LogP) is 2.90. The van der Waals surface area contributed by atoms with Crippen LogP contribution in [-0.2, 0) is 0 Å². The number of hydrogen-bond donors (Lipinski definition) is 1. The normalized spacial score (nSPS) is 11.9. The summed E-state index contributed by atoms with van der Waals surface area (Å²) in [5, 5.41) is 0. The molecular weight excluding hydrogens is 228 g/mol. The highest BCUT2D eigenvalue weighted by Crippen LogP contribution is 2.32. The van der Waals surface area contributed by atoms with E-state index in [2.05, 4.69) is 4.98 Å². The second-order valence-corrected chi connectivity index (χ2v) is 3.94. The van der Waals surface area contributed by atoms with E-state index in [-0.39, 0.29) is 6.04 Å². The largest absolute Gasteiger partial charge is 0.493 e. The van der Waals surface area contributed by atoms with Crippen LogP contribution in [0.15, 0.2) is 42.6 Å². The molecule has 0 spiro atoms. The van der Waals surface area contributed by atoms with E-state index in [1.54, 1.807) is 13.3 Å². The summed E-state index contributed by atoms with van der Waals surface area (Å²) in [5.74, 6) is 1.80. The van der Waals surface area contributed by atoms with Gasteiger partial charge in [0.05, 0.1) is 7.11 Å². The predicted molar refractivity (Wildman–Crippen MR) is 69.9 cm³/mol. The third-order valence-electron chi connectivity index (χ3n) is 2.57. The zero-order valence-electron chi connectivity index (χ0n) is 10.5. The van der Waals surface area contributed by atoms with Crippen molar-refractivity contribution in [2.75, 3.05) is 7.11 Å². The molecule has 1 aromatic carbocycles. The lowest BCUT2D eigenvalue weighted by molar-refractivity contribution is 0.371. The number of hydrogen-bond acceptors (Lipinski definition) is 4. The molecule has 4 heteroatoms. The first-order chi connectivity index (χ1) is 8.72. The number of para-hydroxylation sites is 2. The van der Waals surface area contributed by atoms with Crippen LogP contribution in [0.4, 0.5) is 0 Å². The molecule has 0 aliphatic heterocycles. The smallest absolute Gasteiger partial charge is 0.224 e. The number of ether oxygens (including phenoxy) is 2. The Hall–Kier alpha value is -2.07. The van der Waals surface area contributed by atoms with Crippen molar-refractivity contribution in [3.05, 3.63) is 48.2 Å². The summed E-state index contributed by atoms with van der Waals surface area (Å²) in [5.41, 5.74) is 6.75. The van der Waals surface area contributed by atoms with E-state index in [1.165, 1.54) is 0 Å². The Morgan fingerprint density at radius 1 is 1.11 bits per heavy atom. The van der Waals surface area contributed by atoms with Crippen LogP contribution in [0.25, 0.3) is 0 Å². The fourth-order valence-electron chi connectivity index (χ4n) is 1.64. The van der Waals surface area contributed by atoms with Gasteiger partial charge in [0.1, 0.15) is 0 Å². The molecule has 0 saturated carbocycles. The molecular formula is C14H16N2O2. The second kappa shape index (κ2) is 5.51. The summed E-state index contributed by atoms with van der Waals surface area (Å²) >= 11 is 0. The second-order valence-electron chi connectivity index (χ2n) is 3.94. The first kappa shape index (κ1) is 12.4. The number of aromatic nitrogens is 1. The minimum absolute atomic E-state index is 0.136. The van der Waals surface area contributed by atoms with Crippen molar-refractivity contribution in [2.45, 2.75) is 13.0 Å². The maximum Gasteiger partial charge on any atom is 0.224 e. The van der Waals surface area contributed by atoms with Gasteiger partial charge in [0, 0.05) is 17.8 Å². The molecule has 0 fully saturated rings. The average molecular weight is 244 g/mol. The van der Waals surface area contributed by atoms with Crippen LogP contribution in [-0.4, -0.2) is 12.1 Å². The monoisotopic (exact) mass is 244 g/mol. The van der Waals surface area contributed by atoms with Crippen LogP contribution >= 0.6 is 0 Å². The van der Waals surface area contributed by atoms with Gasteiger partial charge in [-0.05, 0) is 25.1 Å². The SMILES string of the molecule is COc1ccccc1Oc1ncccc1[C@@H](C)N. The molecule has 0 radical (unpaired) electrons. The van der Waals surface area contributed by atoms with Crippen LogP contribution in [0.1, 0.15) is 18.5 Å². The molecule has 0 unspecified atom stereocenters. The Bertz CT molecular complexity index is 527. The number of nitrogens with two attached hydrogens (primary N) is 1. The average Bonchev–Trinajstić information content (AvgIpc) is 2.40. The quantitative estimate of drug-likeness (QED) is 0.898. The van der Waals surface area contributed by atoms with Crippen LogP contribution in [0, 0.1) is 0 Å². The van der Waals surface area contributed by atoms with Crippen molar-refractivity contribution in [2.24, 2.45) is 5.73 Å². The van der Waals surface area contributed by atoms with Gasteiger partial charge in [-0.3, -0.25) is 0 Å². The van der Waals surface area contributed by atoms with Crippen molar-refractivity contribution < 1.29 is 9.47 Å². The Morgan fingerprint density at radius 3 is 2.50 bits per heavy atom. The highest BCUT2D eigenvalue weighted by Gasteiger charge is 2.11. The van der Waals surface area contributed by atoms with Crippen molar-refractivity contribution in [1.82, 2.24) is 4.98 Å². The molecule has 94 valence electrons. The number of pyridine rings is 1.